The summed E-state index contributed by atoms with van der Waals surface area (Å²) in [5, 5.41) is 3.95. The van der Waals surface area contributed by atoms with E-state index in [0.29, 0.717) is 0 Å². The van der Waals surface area contributed by atoms with E-state index in [1.54, 1.807) is 12.2 Å². The Labute approximate surface area is 135 Å². The van der Waals surface area contributed by atoms with Crippen molar-refractivity contribution < 1.29 is 37.0 Å². The quantitative estimate of drug-likeness (QED) is 0.463. The molecule has 0 radical (unpaired) electrons. The first kappa shape index (κ1) is 19.3. The molecular weight excluding hydrogens is 333 g/mol. The first-order valence-electron chi connectivity index (χ1n) is 6.82. The van der Waals surface area contributed by atoms with Crippen molar-refractivity contribution in [1.29, 1.82) is 0 Å². The minimum atomic E-state index is -4.96. The van der Waals surface area contributed by atoms with Crippen LogP contribution in [0.15, 0.2) is 24.3 Å². The zero-order chi connectivity index (χ0) is 18.2. The summed E-state index contributed by atoms with van der Waals surface area (Å²) in [7, 11) is 0. The van der Waals surface area contributed by atoms with Crippen LogP contribution in [0.1, 0.15) is 17.3 Å². The molecule has 0 saturated carbocycles. The second kappa shape index (κ2) is 8.75. The van der Waals surface area contributed by atoms with Crippen LogP contribution in [0.25, 0.3) is 0 Å². The normalized spacial score (nSPS) is 10.7. The number of ether oxygens (including phenoxy) is 2. The molecule has 10 heteroatoms. The number of amides is 2. The average Bonchev–Trinajstić information content (AvgIpc) is 2.51. The lowest BCUT2D eigenvalue weighted by Crippen LogP contribution is -2.41. The van der Waals surface area contributed by atoms with Crippen molar-refractivity contribution in [2.24, 2.45) is 0 Å². The standard InChI is InChI=1S/C14H15F3N2O5/c1-2-23-13(22)24-10-5-3-9(4-6-10)11(20)18-7-8-19-12(21)14(15,16)17/h3-6H,2,7-8H2,1H3,(H,18,20)(H,19,21). The molecule has 0 fully saturated rings. The van der Waals surface area contributed by atoms with Crippen molar-refractivity contribution in [1.82, 2.24) is 10.6 Å². The summed E-state index contributed by atoms with van der Waals surface area (Å²) in [6.45, 7) is 1.23. The van der Waals surface area contributed by atoms with Gasteiger partial charge in [-0.25, -0.2) is 4.79 Å². The minimum Gasteiger partial charge on any atom is -0.434 e. The number of hydrogen-bond acceptors (Lipinski definition) is 5. The summed E-state index contributed by atoms with van der Waals surface area (Å²) < 4.78 is 45.2. The monoisotopic (exact) mass is 348 g/mol. The molecule has 0 aliphatic heterocycles. The van der Waals surface area contributed by atoms with Gasteiger partial charge in [0, 0.05) is 18.7 Å². The molecule has 2 amide bonds. The predicted octanol–water partition coefficient (Wildman–Crippen LogP) is 1.63. The van der Waals surface area contributed by atoms with Crippen LogP contribution in [0.5, 0.6) is 5.75 Å². The molecule has 0 spiro atoms. The molecule has 0 aliphatic rings. The van der Waals surface area contributed by atoms with Gasteiger partial charge in [-0.3, -0.25) is 9.59 Å². The van der Waals surface area contributed by atoms with Crippen molar-refractivity contribution in [2.45, 2.75) is 13.1 Å². The average molecular weight is 348 g/mol. The summed E-state index contributed by atoms with van der Waals surface area (Å²) in [4.78, 5) is 33.4. The van der Waals surface area contributed by atoms with Crippen LogP contribution in [0.2, 0.25) is 0 Å². The molecule has 0 unspecified atom stereocenters. The first-order valence-corrected chi connectivity index (χ1v) is 6.82. The maximum atomic E-state index is 11.9. The van der Waals surface area contributed by atoms with Crippen molar-refractivity contribution >= 4 is 18.0 Å². The van der Waals surface area contributed by atoms with Gasteiger partial charge in [-0.1, -0.05) is 0 Å². The number of alkyl halides is 3. The van der Waals surface area contributed by atoms with Gasteiger partial charge in [0.1, 0.15) is 5.75 Å². The second-order valence-electron chi connectivity index (χ2n) is 4.32. The molecule has 1 rings (SSSR count). The molecular formula is C14H15F3N2O5. The molecule has 0 aliphatic carbocycles. The van der Waals surface area contributed by atoms with Gasteiger partial charge < -0.3 is 20.1 Å². The number of rotatable bonds is 6. The Morgan fingerprint density at radius 3 is 2.17 bits per heavy atom. The zero-order valence-electron chi connectivity index (χ0n) is 12.6. The highest BCUT2D eigenvalue weighted by Crippen LogP contribution is 2.14. The van der Waals surface area contributed by atoms with Gasteiger partial charge in [0.2, 0.25) is 0 Å². The maximum absolute atomic E-state index is 11.9. The molecule has 0 bridgehead atoms. The van der Waals surface area contributed by atoms with E-state index in [1.807, 2.05) is 0 Å². The number of carbonyl (C=O) groups excluding carboxylic acids is 3. The van der Waals surface area contributed by atoms with E-state index in [-0.39, 0.29) is 31.0 Å². The topological polar surface area (TPSA) is 93.7 Å². The predicted molar refractivity (Wildman–Crippen MR) is 75.5 cm³/mol. The fraction of sp³-hybridized carbons (Fsp3) is 0.357. The third-order valence-electron chi connectivity index (χ3n) is 2.53. The lowest BCUT2D eigenvalue weighted by molar-refractivity contribution is -0.173. The molecule has 132 valence electrons. The van der Waals surface area contributed by atoms with Gasteiger partial charge in [-0.2, -0.15) is 13.2 Å². The maximum Gasteiger partial charge on any atom is 0.513 e. The number of benzene rings is 1. The molecule has 0 aromatic heterocycles. The fourth-order valence-electron chi connectivity index (χ4n) is 1.47. The van der Waals surface area contributed by atoms with E-state index in [4.69, 9.17) is 4.74 Å². The minimum absolute atomic E-state index is 0.157. The molecule has 1 aromatic rings. The summed E-state index contributed by atoms with van der Waals surface area (Å²) in [6, 6.07) is 5.44. The highest BCUT2D eigenvalue weighted by Gasteiger charge is 2.38. The van der Waals surface area contributed by atoms with Gasteiger partial charge in [-0.15, -0.1) is 0 Å². The zero-order valence-corrected chi connectivity index (χ0v) is 12.6. The van der Waals surface area contributed by atoms with E-state index in [0.717, 1.165) is 0 Å². The molecule has 1 aromatic carbocycles. The Bertz CT molecular complexity index is 587. The molecule has 0 heterocycles. The Kier molecular flexibility index (Phi) is 7.02. The molecule has 2 N–H and O–H groups in total. The molecule has 7 nitrogen and oxygen atoms in total. The van der Waals surface area contributed by atoms with Gasteiger partial charge in [-0.05, 0) is 31.2 Å². The molecule has 24 heavy (non-hydrogen) atoms. The van der Waals surface area contributed by atoms with Crippen molar-refractivity contribution in [3.63, 3.8) is 0 Å². The molecule has 0 atom stereocenters. The van der Waals surface area contributed by atoms with E-state index in [2.05, 4.69) is 10.1 Å². The lowest BCUT2D eigenvalue weighted by Gasteiger charge is -2.09. The van der Waals surface area contributed by atoms with E-state index < -0.39 is 24.1 Å². The Hall–Kier alpha value is -2.78. The van der Waals surface area contributed by atoms with Gasteiger partial charge in [0.05, 0.1) is 6.61 Å². The molecule has 0 saturated heterocycles. The first-order chi connectivity index (χ1) is 11.2. The summed E-state index contributed by atoms with van der Waals surface area (Å²) >= 11 is 0. The highest BCUT2D eigenvalue weighted by molar-refractivity contribution is 5.94. The Morgan fingerprint density at radius 1 is 1.04 bits per heavy atom. The van der Waals surface area contributed by atoms with E-state index >= 15 is 0 Å². The highest BCUT2D eigenvalue weighted by atomic mass is 19.4. The van der Waals surface area contributed by atoms with Crippen molar-refractivity contribution in [3.05, 3.63) is 29.8 Å². The van der Waals surface area contributed by atoms with Gasteiger partial charge >= 0.3 is 18.2 Å². The second-order valence-corrected chi connectivity index (χ2v) is 4.32. The van der Waals surface area contributed by atoms with E-state index in [1.165, 1.54) is 24.3 Å². The van der Waals surface area contributed by atoms with Crippen LogP contribution in [-0.2, 0) is 9.53 Å². The number of nitrogens with one attached hydrogen (secondary N) is 2. The van der Waals surface area contributed by atoms with E-state index in [9.17, 15) is 27.6 Å². The number of hydrogen-bond donors (Lipinski definition) is 2. The van der Waals surface area contributed by atoms with Crippen LogP contribution in [0, 0.1) is 0 Å². The number of carbonyl (C=O) groups is 3. The summed E-state index contributed by atoms with van der Waals surface area (Å²) in [5.41, 5.74) is 0.202. The lowest BCUT2D eigenvalue weighted by atomic mass is 10.2. The van der Waals surface area contributed by atoms with Crippen LogP contribution in [-0.4, -0.2) is 43.8 Å². The Morgan fingerprint density at radius 2 is 1.62 bits per heavy atom. The SMILES string of the molecule is CCOC(=O)Oc1ccc(C(=O)NCCNC(=O)C(F)(F)F)cc1. The summed E-state index contributed by atoms with van der Waals surface area (Å²) in [6.07, 6.45) is -5.84. The Balaban J connectivity index is 2.40. The number of halogens is 3. The van der Waals surface area contributed by atoms with Crippen LogP contribution in [0.4, 0.5) is 18.0 Å². The third-order valence-corrected chi connectivity index (χ3v) is 2.53. The smallest absolute Gasteiger partial charge is 0.434 e. The largest absolute Gasteiger partial charge is 0.513 e. The van der Waals surface area contributed by atoms with Crippen molar-refractivity contribution in [3.8, 4) is 5.75 Å². The summed E-state index contributed by atoms with van der Waals surface area (Å²) in [5.74, 6) is -2.46. The third kappa shape index (κ3) is 6.55. The van der Waals surface area contributed by atoms with Crippen molar-refractivity contribution in [2.75, 3.05) is 19.7 Å². The van der Waals surface area contributed by atoms with Crippen LogP contribution >= 0.6 is 0 Å². The van der Waals surface area contributed by atoms with Gasteiger partial charge in [0.15, 0.2) is 0 Å². The van der Waals surface area contributed by atoms with Gasteiger partial charge in [0.25, 0.3) is 5.91 Å². The van der Waals surface area contributed by atoms with Crippen LogP contribution < -0.4 is 15.4 Å². The van der Waals surface area contributed by atoms with Crippen LogP contribution in [0.3, 0.4) is 0 Å². The fourth-order valence-corrected chi connectivity index (χ4v) is 1.47.